The number of hydrogen-bond donors (Lipinski definition) is 1. The summed E-state index contributed by atoms with van der Waals surface area (Å²) >= 11 is 6.30. The van der Waals surface area contributed by atoms with E-state index in [0.29, 0.717) is 12.6 Å². The van der Waals surface area contributed by atoms with Crippen LogP contribution >= 0.6 is 11.6 Å². The van der Waals surface area contributed by atoms with Crippen LogP contribution in [0, 0.1) is 0 Å². The van der Waals surface area contributed by atoms with Crippen LogP contribution in [0.2, 0.25) is 5.02 Å². The van der Waals surface area contributed by atoms with Gasteiger partial charge >= 0.3 is 0 Å². The highest BCUT2D eigenvalue weighted by molar-refractivity contribution is 6.31. The van der Waals surface area contributed by atoms with Gasteiger partial charge in [0.25, 0.3) is 0 Å². The second-order valence-electron chi connectivity index (χ2n) is 4.66. The van der Waals surface area contributed by atoms with Crippen molar-refractivity contribution in [3.63, 3.8) is 0 Å². The highest BCUT2D eigenvalue weighted by atomic mass is 35.5. The fourth-order valence-corrected chi connectivity index (χ4v) is 2.89. The quantitative estimate of drug-likeness (QED) is 0.901. The molecule has 1 aromatic carbocycles. The molecular weight excluding hydrogens is 236 g/mol. The summed E-state index contributed by atoms with van der Waals surface area (Å²) in [6.07, 6.45) is 0. The number of nitrogens with two attached hydrogens (primary N) is 1. The predicted molar refractivity (Wildman–Crippen MR) is 70.5 cm³/mol. The van der Waals surface area contributed by atoms with E-state index in [4.69, 9.17) is 22.1 Å². The van der Waals surface area contributed by atoms with Gasteiger partial charge in [-0.2, -0.15) is 0 Å². The van der Waals surface area contributed by atoms with Crippen LogP contribution in [0.5, 0.6) is 5.75 Å². The Morgan fingerprint density at radius 2 is 2.24 bits per heavy atom. The Bertz CT molecular complexity index is 420. The second-order valence-corrected chi connectivity index (χ2v) is 5.07. The van der Waals surface area contributed by atoms with E-state index >= 15 is 0 Å². The first-order chi connectivity index (χ1) is 8.10. The number of halogens is 1. The molecule has 1 aliphatic heterocycles. The van der Waals surface area contributed by atoms with Crippen LogP contribution < -0.4 is 10.5 Å². The van der Waals surface area contributed by atoms with Gasteiger partial charge in [0.1, 0.15) is 5.75 Å². The topological polar surface area (TPSA) is 38.5 Å². The lowest BCUT2D eigenvalue weighted by Gasteiger charge is -2.27. The highest BCUT2D eigenvalue weighted by Crippen LogP contribution is 2.43. The molecule has 17 heavy (non-hydrogen) atoms. The zero-order valence-electron chi connectivity index (χ0n) is 10.5. The Balaban J connectivity index is 2.51. The van der Waals surface area contributed by atoms with E-state index in [1.165, 1.54) is 5.56 Å². The van der Waals surface area contributed by atoms with Gasteiger partial charge in [-0.1, -0.05) is 11.6 Å². The van der Waals surface area contributed by atoms with Crippen LogP contribution in [0.25, 0.3) is 0 Å². The summed E-state index contributed by atoms with van der Waals surface area (Å²) in [5.41, 5.74) is 8.22. The Morgan fingerprint density at radius 3 is 2.76 bits per heavy atom. The van der Waals surface area contributed by atoms with E-state index in [2.05, 4.69) is 18.7 Å². The summed E-state index contributed by atoms with van der Waals surface area (Å²) in [5, 5.41) is 0.791. The van der Waals surface area contributed by atoms with Crippen LogP contribution in [0.3, 0.4) is 0 Å². The van der Waals surface area contributed by atoms with Gasteiger partial charge in [-0.05, 0) is 31.5 Å². The number of benzene rings is 1. The molecule has 0 aliphatic carbocycles. The molecule has 0 bridgehead atoms. The van der Waals surface area contributed by atoms with Crippen molar-refractivity contribution in [3.05, 3.63) is 28.3 Å². The van der Waals surface area contributed by atoms with Crippen molar-refractivity contribution < 1.29 is 4.74 Å². The summed E-state index contributed by atoms with van der Waals surface area (Å²) in [6.45, 7) is 5.79. The fraction of sp³-hybridized carbons (Fsp3) is 0.538. The van der Waals surface area contributed by atoms with Crippen LogP contribution in [0.15, 0.2) is 12.1 Å². The first-order valence-electron chi connectivity index (χ1n) is 5.91. The maximum absolute atomic E-state index is 6.30. The molecule has 2 N–H and O–H groups in total. The molecule has 0 aromatic heterocycles. The van der Waals surface area contributed by atoms with E-state index in [-0.39, 0.29) is 6.04 Å². The summed E-state index contributed by atoms with van der Waals surface area (Å²) in [4.78, 5) is 2.36. The van der Waals surface area contributed by atoms with Crippen molar-refractivity contribution >= 4 is 11.6 Å². The van der Waals surface area contributed by atoms with E-state index in [9.17, 15) is 0 Å². The van der Waals surface area contributed by atoms with Gasteiger partial charge in [-0.15, -0.1) is 0 Å². The lowest BCUT2D eigenvalue weighted by molar-refractivity contribution is 0.171. The largest absolute Gasteiger partial charge is 0.496 e. The third-order valence-corrected chi connectivity index (χ3v) is 3.77. The molecule has 94 valence electrons. The van der Waals surface area contributed by atoms with Crippen LogP contribution in [-0.4, -0.2) is 24.6 Å². The summed E-state index contributed by atoms with van der Waals surface area (Å²) in [6, 6.07) is 4.47. The van der Waals surface area contributed by atoms with E-state index in [1.54, 1.807) is 7.11 Å². The first kappa shape index (κ1) is 12.7. The standard InChI is InChI=1S/C13H19ClN2O/c1-8(2)16-7-9-12(17-3)5-4-10(14)13(9)11(16)6-15/h4-5,8,11H,6-7,15H2,1-3H3. The number of hydrogen-bond acceptors (Lipinski definition) is 3. The highest BCUT2D eigenvalue weighted by Gasteiger charge is 2.34. The second kappa shape index (κ2) is 4.84. The molecule has 0 saturated heterocycles. The van der Waals surface area contributed by atoms with Gasteiger partial charge in [-0.25, -0.2) is 0 Å². The minimum atomic E-state index is 0.201. The molecular formula is C13H19ClN2O. The van der Waals surface area contributed by atoms with Crippen molar-refractivity contribution in [2.45, 2.75) is 32.5 Å². The van der Waals surface area contributed by atoms with Gasteiger partial charge in [0.2, 0.25) is 0 Å². The van der Waals surface area contributed by atoms with Gasteiger partial charge in [0.05, 0.1) is 7.11 Å². The van der Waals surface area contributed by atoms with Gasteiger partial charge in [0, 0.05) is 35.8 Å². The summed E-state index contributed by atoms with van der Waals surface area (Å²) in [5.74, 6) is 0.908. The molecule has 1 unspecified atom stereocenters. The van der Waals surface area contributed by atoms with Crippen molar-refractivity contribution in [2.75, 3.05) is 13.7 Å². The van der Waals surface area contributed by atoms with Gasteiger partial charge in [0.15, 0.2) is 0 Å². The molecule has 0 spiro atoms. The van der Waals surface area contributed by atoms with Crippen molar-refractivity contribution in [1.82, 2.24) is 4.90 Å². The Labute approximate surface area is 107 Å². The molecule has 1 aliphatic rings. The number of methoxy groups -OCH3 is 1. The molecule has 0 amide bonds. The van der Waals surface area contributed by atoms with Crippen molar-refractivity contribution in [1.29, 1.82) is 0 Å². The maximum atomic E-state index is 6.30. The number of rotatable bonds is 3. The van der Waals surface area contributed by atoms with Crippen LogP contribution in [0.1, 0.15) is 31.0 Å². The first-order valence-corrected chi connectivity index (χ1v) is 6.29. The fourth-order valence-electron chi connectivity index (χ4n) is 2.59. The average Bonchev–Trinajstić information content (AvgIpc) is 2.70. The normalized spacial score (nSPS) is 19.8. The number of fused-ring (bicyclic) bond motifs is 1. The smallest absolute Gasteiger partial charge is 0.123 e. The third kappa shape index (κ3) is 2.03. The van der Waals surface area contributed by atoms with E-state index in [0.717, 1.165) is 22.9 Å². The van der Waals surface area contributed by atoms with Crippen LogP contribution in [0.4, 0.5) is 0 Å². The lowest BCUT2D eigenvalue weighted by Crippen LogP contribution is -2.33. The molecule has 0 fully saturated rings. The Morgan fingerprint density at radius 1 is 1.53 bits per heavy atom. The van der Waals surface area contributed by atoms with Gasteiger partial charge in [-0.3, -0.25) is 4.90 Å². The monoisotopic (exact) mass is 254 g/mol. The minimum Gasteiger partial charge on any atom is -0.496 e. The molecule has 0 saturated carbocycles. The Kier molecular flexibility index (Phi) is 3.61. The van der Waals surface area contributed by atoms with E-state index in [1.807, 2.05) is 12.1 Å². The van der Waals surface area contributed by atoms with Crippen molar-refractivity contribution in [2.24, 2.45) is 5.73 Å². The molecule has 1 heterocycles. The van der Waals surface area contributed by atoms with Crippen LogP contribution in [-0.2, 0) is 6.54 Å². The van der Waals surface area contributed by atoms with Gasteiger partial charge < -0.3 is 10.5 Å². The molecule has 0 radical (unpaired) electrons. The van der Waals surface area contributed by atoms with Crippen molar-refractivity contribution in [3.8, 4) is 5.75 Å². The lowest BCUT2D eigenvalue weighted by atomic mass is 10.0. The average molecular weight is 255 g/mol. The molecule has 4 heteroatoms. The molecule has 1 atom stereocenters. The Hall–Kier alpha value is -0.770. The van der Waals surface area contributed by atoms with E-state index < -0.39 is 0 Å². The third-order valence-electron chi connectivity index (χ3n) is 3.44. The maximum Gasteiger partial charge on any atom is 0.123 e. The molecule has 2 rings (SSSR count). The predicted octanol–water partition coefficient (Wildman–Crippen LogP) is 2.57. The number of nitrogens with zero attached hydrogens (tertiary/aromatic N) is 1. The molecule has 1 aromatic rings. The zero-order valence-corrected chi connectivity index (χ0v) is 11.3. The molecule has 3 nitrogen and oxygen atoms in total. The minimum absolute atomic E-state index is 0.201. The number of ether oxygens (including phenoxy) is 1. The summed E-state index contributed by atoms with van der Waals surface area (Å²) in [7, 11) is 1.69. The SMILES string of the molecule is COc1ccc(Cl)c2c1CN(C(C)C)C2CN. The summed E-state index contributed by atoms with van der Waals surface area (Å²) < 4.78 is 5.41. The zero-order chi connectivity index (χ0) is 12.6.